The van der Waals surface area contributed by atoms with Gasteiger partial charge in [-0.05, 0) is 18.4 Å². The van der Waals surface area contributed by atoms with Crippen molar-refractivity contribution in [1.29, 1.82) is 0 Å². The van der Waals surface area contributed by atoms with Crippen LogP contribution in [-0.2, 0) is 9.47 Å². The number of hydrogen-bond donors (Lipinski definition) is 1. The molecule has 1 aromatic rings. The topological polar surface area (TPSA) is 44.5 Å². The molecule has 3 nitrogen and oxygen atoms in total. The van der Waals surface area contributed by atoms with Gasteiger partial charge in [0.15, 0.2) is 5.79 Å². The Bertz CT molecular complexity index is 275. The first-order valence-corrected chi connectivity index (χ1v) is 5.17. The lowest BCUT2D eigenvalue weighted by molar-refractivity contribution is -0.145. The summed E-state index contributed by atoms with van der Waals surface area (Å²) in [5.41, 5.74) is 5.54. The minimum Gasteiger partial charge on any atom is -0.346 e. The van der Waals surface area contributed by atoms with E-state index in [1.54, 1.807) is 11.3 Å². The maximum Gasteiger partial charge on any atom is 0.178 e. The predicted octanol–water partition coefficient (Wildman–Crippen LogP) is 1.51. The molecule has 2 heterocycles. The zero-order valence-corrected chi connectivity index (χ0v) is 8.34. The molecule has 4 heteroatoms. The summed E-state index contributed by atoms with van der Waals surface area (Å²) in [5, 5.41) is 2.04. The number of hydrogen-bond acceptors (Lipinski definition) is 4. The molecule has 0 spiro atoms. The Kier molecular flexibility index (Phi) is 2.38. The van der Waals surface area contributed by atoms with Crippen LogP contribution in [-0.4, -0.2) is 18.9 Å². The Labute approximate surface area is 81.5 Å². The third-order valence-corrected chi connectivity index (χ3v) is 3.13. The van der Waals surface area contributed by atoms with Gasteiger partial charge in [0.1, 0.15) is 6.10 Å². The maximum absolute atomic E-state index is 5.71. The van der Waals surface area contributed by atoms with Crippen molar-refractivity contribution in [2.75, 3.05) is 13.2 Å². The Morgan fingerprint density at radius 2 is 2.62 bits per heavy atom. The molecule has 1 fully saturated rings. The molecule has 2 atom stereocenters. The zero-order valence-electron chi connectivity index (χ0n) is 7.53. The molecule has 1 aliphatic heterocycles. The molecule has 0 aliphatic carbocycles. The molecule has 0 amide bonds. The van der Waals surface area contributed by atoms with E-state index in [1.165, 1.54) is 4.88 Å². The third-order valence-electron chi connectivity index (χ3n) is 2.16. The van der Waals surface area contributed by atoms with Crippen molar-refractivity contribution < 1.29 is 9.47 Å². The van der Waals surface area contributed by atoms with Crippen molar-refractivity contribution in [3.05, 3.63) is 22.4 Å². The van der Waals surface area contributed by atoms with Gasteiger partial charge in [-0.1, -0.05) is 6.07 Å². The first-order chi connectivity index (χ1) is 6.23. The van der Waals surface area contributed by atoms with E-state index < -0.39 is 5.79 Å². The Hall–Kier alpha value is -0.420. The monoisotopic (exact) mass is 199 g/mol. The molecule has 0 radical (unpaired) electrons. The second-order valence-electron chi connectivity index (χ2n) is 3.27. The summed E-state index contributed by atoms with van der Waals surface area (Å²) in [4.78, 5) is 1.21. The van der Waals surface area contributed by atoms with Crippen molar-refractivity contribution in [2.45, 2.75) is 18.8 Å². The van der Waals surface area contributed by atoms with Crippen molar-refractivity contribution in [1.82, 2.24) is 0 Å². The molecule has 0 saturated carbocycles. The number of rotatable bonds is 2. The summed E-state index contributed by atoms with van der Waals surface area (Å²) in [7, 11) is 0. The van der Waals surface area contributed by atoms with Crippen molar-refractivity contribution in [2.24, 2.45) is 5.73 Å². The average Bonchev–Trinajstić information content (AvgIpc) is 2.73. The Morgan fingerprint density at radius 3 is 3.15 bits per heavy atom. The van der Waals surface area contributed by atoms with E-state index in [2.05, 4.69) is 6.07 Å². The largest absolute Gasteiger partial charge is 0.346 e. The number of nitrogens with two attached hydrogens (primary N) is 1. The quantitative estimate of drug-likeness (QED) is 0.785. The summed E-state index contributed by atoms with van der Waals surface area (Å²) in [6, 6.07) is 4.07. The summed E-state index contributed by atoms with van der Waals surface area (Å²) in [5.74, 6) is -0.589. The lowest BCUT2D eigenvalue weighted by Gasteiger charge is -2.20. The van der Waals surface area contributed by atoms with Crippen LogP contribution in [0.2, 0.25) is 0 Å². The van der Waals surface area contributed by atoms with Gasteiger partial charge in [0.05, 0.1) is 6.61 Å². The molecule has 2 rings (SSSR count). The molecule has 1 aliphatic rings. The van der Waals surface area contributed by atoms with Gasteiger partial charge >= 0.3 is 0 Å². The van der Waals surface area contributed by atoms with Crippen LogP contribution in [0, 0.1) is 0 Å². The summed E-state index contributed by atoms with van der Waals surface area (Å²) >= 11 is 1.69. The van der Waals surface area contributed by atoms with Crippen LogP contribution in [0.3, 0.4) is 0 Å². The van der Waals surface area contributed by atoms with Crippen LogP contribution in [0.5, 0.6) is 0 Å². The van der Waals surface area contributed by atoms with E-state index in [9.17, 15) is 0 Å². The molecule has 1 aromatic heterocycles. The molecule has 2 N–H and O–H groups in total. The average molecular weight is 199 g/mol. The fraction of sp³-hybridized carbons (Fsp3) is 0.556. The SMILES string of the molecule is CC1(CN)OCC(c2cccs2)O1. The summed E-state index contributed by atoms with van der Waals surface area (Å²) in [6.07, 6.45) is 0.0635. The summed E-state index contributed by atoms with van der Waals surface area (Å²) < 4.78 is 11.2. The van der Waals surface area contributed by atoms with Crippen LogP contribution < -0.4 is 5.73 Å². The van der Waals surface area contributed by atoms with Gasteiger partial charge in [-0.3, -0.25) is 0 Å². The standard InChI is InChI=1S/C9H13NO2S/c1-9(6-10)11-5-7(12-9)8-3-2-4-13-8/h2-4,7H,5-6,10H2,1H3. The van der Waals surface area contributed by atoms with Crippen LogP contribution >= 0.6 is 11.3 Å². The highest BCUT2D eigenvalue weighted by Gasteiger charge is 2.36. The van der Waals surface area contributed by atoms with Crippen LogP contribution in [0.4, 0.5) is 0 Å². The molecule has 2 unspecified atom stereocenters. The van der Waals surface area contributed by atoms with Crippen molar-refractivity contribution >= 4 is 11.3 Å². The van der Waals surface area contributed by atoms with E-state index in [0.29, 0.717) is 13.2 Å². The minimum absolute atomic E-state index is 0.0635. The second-order valence-corrected chi connectivity index (χ2v) is 4.25. The first-order valence-electron chi connectivity index (χ1n) is 4.29. The Morgan fingerprint density at radius 1 is 1.77 bits per heavy atom. The molecular weight excluding hydrogens is 186 g/mol. The smallest absolute Gasteiger partial charge is 0.178 e. The van der Waals surface area contributed by atoms with Crippen molar-refractivity contribution in [3.8, 4) is 0 Å². The second kappa shape index (κ2) is 3.38. The van der Waals surface area contributed by atoms with E-state index in [1.807, 2.05) is 18.4 Å². The molecule has 13 heavy (non-hydrogen) atoms. The van der Waals surface area contributed by atoms with Gasteiger partial charge in [0.25, 0.3) is 0 Å². The Balaban J connectivity index is 2.07. The van der Waals surface area contributed by atoms with E-state index >= 15 is 0 Å². The van der Waals surface area contributed by atoms with Gasteiger partial charge in [-0.15, -0.1) is 11.3 Å². The minimum atomic E-state index is -0.589. The molecule has 0 aromatic carbocycles. The molecule has 0 bridgehead atoms. The van der Waals surface area contributed by atoms with E-state index in [-0.39, 0.29) is 6.10 Å². The summed E-state index contributed by atoms with van der Waals surface area (Å²) in [6.45, 7) is 2.88. The predicted molar refractivity (Wildman–Crippen MR) is 51.6 cm³/mol. The number of thiophene rings is 1. The van der Waals surface area contributed by atoms with Gasteiger partial charge in [-0.2, -0.15) is 0 Å². The lowest BCUT2D eigenvalue weighted by Crippen LogP contribution is -2.35. The fourth-order valence-electron chi connectivity index (χ4n) is 1.34. The molecule has 1 saturated heterocycles. The highest BCUT2D eigenvalue weighted by molar-refractivity contribution is 7.10. The highest BCUT2D eigenvalue weighted by Crippen LogP contribution is 2.34. The van der Waals surface area contributed by atoms with Gasteiger partial charge in [0, 0.05) is 11.4 Å². The van der Waals surface area contributed by atoms with Crippen LogP contribution in [0.1, 0.15) is 17.9 Å². The van der Waals surface area contributed by atoms with E-state index in [0.717, 1.165) is 0 Å². The van der Waals surface area contributed by atoms with Crippen LogP contribution in [0.25, 0.3) is 0 Å². The van der Waals surface area contributed by atoms with Gasteiger partial charge in [0.2, 0.25) is 0 Å². The number of ether oxygens (including phenoxy) is 2. The van der Waals surface area contributed by atoms with Crippen molar-refractivity contribution in [3.63, 3.8) is 0 Å². The molecule has 72 valence electrons. The fourth-order valence-corrected chi connectivity index (χ4v) is 2.08. The highest BCUT2D eigenvalue weighted by atomic mass is 32.1. The van der Waals surface area contributed by atoms with Gasteiger partial charge in [-0.25, -0.2) is 0 Å². The third kappa shape index (κ3) is 1.76. The van der Waals surface area contributed by atoms with Crippen LogP contribution in [0.15, 0.2) is 17.5 Å². The maximum atomic E-state index is 5.71. The van der Waals surface area contributed by atoms with Gasteiger partial charge < -0.3 is 15.2 Å². The van der Waals surface area contributed by atoms with E-state index in [4.69, 9.17) is 15.2 Å². The first kappa shape index (κ1) is 9.15. The lowest BCUT2D eigenvalue weighted by atomic mass is 10.3. The normalized spacial score (nSPS) is 33.8. The zero-order chi connectivity index (χ0) is 9.31. The molecular formula is C9H13NO2S.